The van der Waals surface area contributed by atoms with E-state index in [1.807, 2.05) is 64.7 Å². The molecule has 2 heterocycles. The van der Waals surface area contributed by atoms with Crippen LogP contribution in [0.25, 0.3) is 6.08 Å². The SMILES string of the molecule is O=C(/C=C/c1ccsc1)OCC(=O)N(CCc1ccccc1)Cc1cccs1. The number of rotatable bonds is 9. The Balaban J connectivity index is 1.55. The maximum Gasteiger partial charge on any atom is 0.331 e. The normalized spacial score (nSPS) is 10.9. The van der Waals surface area contributed by atoms with E-state index >= 15 is 0 Å². The number of ether oxygens (including phenoxy) is 1. The molecule has 6 heteroatoms. The molecule has 2 aromatic heterocycles. The van der Waals surface area contributed by atoms with E-state index < -0.39 is 5.97 Å². The van der Waals surface area contributed by atoms with E-state index in [1.165, 1.54) is 11.6 Å². The zero-order valence-corrected chi connectivity index (χ0v) is 17.0. The summed E-state index contributed by atoms with van der Waals surface area (Å²) in [6, 6.07) is 15.9. The van der Waals surface area contributed by atoms with Gasteiger partial charge in [-0.05, 0) is 51.9 Å². The summed E-state index contributed by atoms with van der Waals surface area (Å²) in [4.78, 5) is 27.4. The van der Waals surface area contributed by atoms with Gasteiger partial charge >= 0.3 is 5.97 Å². The zero-order chi connectivity index (χ0) is 19.6. The van der Waals surface area contributed by atoms with Crippen molar-refractivity contribution in [2.45, 2.75) is 13.0 Å². The zero-order valence-electron chi connectivity index (χ0n) is 15.3. The van der Waals surface area contributed by atoms with Crippen molar-refractivity contribution in [2.75, 3.05) is 13.2 Å². The second-order valence-electron chi connectivity index (χ2n) is 6.13. The molecule has 0 radical (unpaired) electrons. The Morgan fingerprint density at radius 2 is 1.89 bits per heavy atom. The van der Waals surface area contributed by atoms with Gasteiger partial charge in [-0.1, -0.05) is 36.4 Å². The fourth-order valence-electron chi connectivity index (χ4n) is 2.60. The number of hydrogen-bond donors (Lipinski definition) is 0. The molecule has 0 unspecified atom stereocenters. The van der Waals surface area contributed by atoms with Crippen LogP contribution in [0.3, 0.4) is 0 Å². The van der Waals surface area contributed by atoms with E-state index in [0.717, 1.165) is 16.9 Å². The fourth-order valence-corrected chi connectivity index (χ4v) is 3.95. The highest BCUT2D eigenvalue weighted by atomic mass is 32.1. The maximum absolute atomic E-state index is 12.7. The van der Waals surface area contributed by atoms with Crippen LogP contribution in [0.5, 0.6) is 0 Å². The summed E-state index contributed by atoms with van der Waals surface area (Å²) >= 11 is 3.16. The van der Waals surface area contributed by atoms with Crippen LogP contribution in [0.15, 0.2) is 70.7 Å². The first-order valence-corrected chi connectivity index (χ1v) is 10.7. The summed E-state index contributed by atoms with van der Waals surface area (Å²) in [5.74, 6) is -0.708. The summed E-state index contributed by atoms with van der Waals surface area (Å²) in [7, 11) is 0. The van der Waals surface area contributed by atoms with E-state index in [4.69, 9.17) is 4.74 Å². The highest BCUT2D eigenvalue weighted by molar-refractivity contribution is 7.09. The number of thiophene rings is 2. The Labute approximate surface area is 172 Å². The topological polar surface area (TPSA) is 46.6 Å². The van der Waals surface area contributed by atoms with Crippen LogP contribution in [0.1, 0.15) is 16.0 Å². The first-order valence-electron chi connectivity index (χ1n) is 8.92. The van der Waals surface area contributed by atoms with Crippen LogP contribution in [0, 0.1) is 0 Å². The van der Waals surface area contributed by atoms with Crippen molar-refractivity contribution >= 4 is 40.6 Å². The molecule has 0 aliphatic rings. The molecule has 0 saturated carbocycles. The Morgan fingerprint density at radius 1 is 1.04 bits per heavy atom. The number of hydrogen-bond acceptors (Lipinski definition) is 5. The standard InChI is InChI=1S/C22H21NO3S2/c24-21(16-26-22(25)9-8-19-11-14-27-17-19)23(15-20-7-4-13-28-20)12-10-18-5-2-1-3-6-18/h1-9,11,13-14,17H,10,12,15-16H2/b9-8+. The van der Waals surface area contributed by atoms with E-state index in [9.17, 15) is 9.59 Å². The fraction of sp³-hybridized carbons (Fsp3) is 0.182. The summed E-state index contributed by atoms with van der Waals surface area (Å²) in [5, 5.41) is 5.86. The minimum atomic E-state index is -0.515. The lowest BCUT2D eigenvalue weighted by atomic mass is 10.1. The van der Waals surface area contributed by atoms with Crippen LogP contribution in [0.4, 0.5) is 0 Å². The molecule has 0 fully saturated rings. The molecule has 0 spiro atoms. The Hall–Kier alpha value is -2.70. The van der Waals surface area contributed by atoms with E-state index in [-0.39, 0.29) is 12.5 Å². The van der Waals surface area contributed by atoms with E-state index in [0.29, 0.717) is 13.1 Å². The van der Waals surface area contributed by atoms with E-state index in [1.54, 1.807) is 33.6 Å². The lowest BCUT2D eigenvalue weighted by Gasteiger charge is -2.22. The summed E-state index contributed by atoms with van der Waals surface area (Å²) in [6.07, 6.45) is 3.79. The summed E-state index contributed by atoms with van der Waals surface area (Å²) in [5.41, 5.74) is 2.11. The highest BCUT2D eigenvalue weighted by Crippen LogP contribution is 2.13. The van der Waals surface area contributed by atoms with Crippen molar-refractivity contribution in [3.05, 3.63) is 86.8 Å². The summed E-state index contributed by atoms with van der Waals surface area (Å²) in [6.45, 7) is 0.835. The molecule has 144 valence electrons. The molecule has 4 nitrogen and oxygen atoms in total. The van der Waals surface area contributed by atoms with Gasteiger partial charge in [-0.25, -0.2) is 4.79 Å². The van der Waals surface area contributed by atoms with Gasteiger partial charge in [-0.3, -0.25) is 4.79 Å². The molecule has 0 aliphatic heterocycles. The first-order chi connectivity index (χ1) is 13.7. The average Bonchev–Trinajstić information content (AvgIpc) is 3.42. The molecule has 0 N–H and O–H groups in total. The van der Waals surface area contributed by atoms with Crippen molar-refractivity contribution < 1.29 is 14.3 Å². The number of carbonyl (C=O) groups excluding carboxylic acids is 2. The second kappa shape index (κ2) is 10.6. The van der Waals surface area contributed by atoms with Crippen LogP contribution in [-0.4, -0.2) is 29.9 Å². The Kier molecular flexibility index (Phi) is 7.58. The van der Waals surface area contributed by atoms with Crippen LogP contribution >= 0.6 is 22.7 Å². The number of benzene rings is 1. The Morgan fingerprint density at radius 3 is 2.61 bits per heavy atom. The van der Waals surface area contributed by atoms with Gasteiger partial charge in [-0.2, -0.15) is 11.3 Å². The molecule has 0 saturated heterocycles. The lowest BCUT2D eigenvalue weighted by Crippen LogP contribution is -2.35. The van der Waals surface area contributed by atoms with Crippen molar-refractivity contribution in [3.8, 4) is 0 Å². The van der Waals surface area contributed by atoms with E-state index in [2.05, 4.69) is 0 Å². The van der Waals surface area contributed by atoms with Crippen LogP contribution in [-0.2, 0) is 27.3 Å². The number of nitrogens with zero attached hydrogens (tertiary/aromatic N) is 1. The molecule has 3 aromatic rings. The Bertz CT molecular complexity index is 887. The van der Waals surface area contributed by atoms with Gasteiger partial charge < -0.3 is 9.64 Å². The van der Waals surface area contributed by atoms with Crippen molar-refractivity contribution in [1.82, 2.24) is 4.90 Å². The smallest absolute Gasteiger partial charge is 0.331 e. The molecule has 28 heavy (non-hydrogen) atoms. The van der Waals surface area contributed by atoms with Crippen molar-refractivity contribution in [2.24, 2.45) is 0 Å². The van der Waals surface area contributed by atoms with Crippen molar-refractivity contribution in [1.29, 1.82) is 0 Å². The molecule has 3 rings (SSSR count). The highest BCUT2D eigenvalue weighted by Gasteiger charge is 2.16. The second-order valence-corrected chi connectivity index (χ2v) is 7.94. The van der Waals surface area contributed by atoms with Gasteiger partial charge in [0.05, 0.1) is 6.54 Å². The van der Waals surface area contributed by atoms with Crippen LogP contribution < -0.4 is 0 Å². The molecular weight excluding hydrogens is 390 g/mol. The molecule has 1 aromatic carbocycles. The minimum absolute atomic E-state index is 0.193. The van der Waals surface area contributed by atoms with Crippen LogP contribution in [0.2, 0.25) is 0 Å². The predicted octanol–water partition coefficient (Wildman–Crippen LogP) is 4.64. The molecule has 0 aliphatic carbocycles. The molecule has 0 bridgehead atoms. The quantitative estimate of drug-likeness (QED) is 0.381. The first kappa shape index (κ1) is 20.0. The molecular formula is C22H21NO3S2. The van der Waals surface area contributed by atoms with Gasteiger partial charge in [0.2, 0.25) is 0 Å². The number of amides is 1. The summed E-state index contributed by atoms with van der Waals surface area (Å²) < 4.78 is 5.14. The van der Waals surface area contributed by atoms with Gasteiger partial charge in [-0.15, -0.1) is 11.3 Å². The van der Waals surface area contributed by atoms with Gasteiger partial charge in [0.15, 0.2) is 6.61 Å². The minimum Gasteiger partial charge on any atom is -0.452 e. The third-order valence-corrected chi connectivity index (χ3v) is 5.65. The molecule has 1 amide bonds. The monoisotopic (exact) mass is 411 g/mol. The molecule has 0 atom stereocenters. The van der Waals surface area contributed by atoms with Crippen molar-refractivity contribution in [3.63, 3.8) is 0 Å². The third-order valence-electron chi connectivity index (χ3n) is 4.09. The van der Waals surface area contributed by atoms with Gasteiger partial charge in [0, 0.05) is 17.5 Å². The average molecular weight is 412 g/mol. The third kappa shape index (κ3) is 6.48. The number of carbonyl (C=O) groups is 2. The van der Waals surface area contributed by atoms with Gasteiger partial charge in [0.1, 0.15) is 0 Å². The maximum atomic E-state index is 12.7. The predicted molar refractivity (Wildman–Crippen MR) is 114 cm³/mol. The number of esters is 1. The largest absolute Gasteiger partial charge is 0.452 e. The van der Waals surface area contributed by atoms with Gasteiger partial charge in [0.25, 0.3) is 5.91 Å². The lowest BCUT2D eigenvalue weighted by molar-refractivity contribution is -0.148.